The zero-order valence-corrected chi connectivity index (χ0v) is 17.6. The van der Waals surface area contributed by atoms with Crippen LogP contribution in [0.5, 0.6) is 0 Å². The van der Waals surface area contributed by atoms with Gasteiger partial charge in [0.15, 0.2) is 0 Å². The maximum absolute atomic E-state index is 13.5. The lowest BCUT2D eigenvalue weighted by Crippen LogP contribution is -2.32. The topological polar surface area (TPSA) is 63.6 Å². The standard InChI is InChI=1S/C23H20ClFN4O2/c1-14-21(29-13-16(24)7-8-20(29)27-14)23(30)28-9-3-6-19(28)22-26-12-18(31-22)11-15-4-2-5-17(25)10-15/h2,4-5,7-8,10,12-13,19H,3,6,9,11H2,1H3/t19-/m1/s1. The van der Waals surface area contributed by atoms with E-state index in [9.17, 15) is 9.18 Å². The number of nitrogens with zero attached hydrogens (tertiary/aromatic N) is 4. The Kier molecular flexibility index (Phi) is 4.98. The number of aromatic nitrogens is 3. The minimum atomic E-state index is -0.284. The van der Waals surface area contributed by atoms with E-state index in [0.717, 1.165) is 18.4 Å². The summed E-state index contributed by atoms with van der Waals surface area (Å²) in [6.07, 6.45) is 5.42. The lowest BCUT2D eigenvalue weighted by molar-refractivity contribution is 0.0706. The molecule has 0 radical (unpaired) electrons. The molecule has 1 aliphatic rings. The zero-order chi connectivity index (χ0) is 21.5. The zero-order valence-electron chi connectivity index (χ0n) is 16.9. The number of carbonyl (C=O) groups is 1. The number of hydrogen-bond acceptors (Lipinski definition) is 4. The van der Waals surface area contributed by atoms with Crippen LogP contribution in [0.15, 0.2) is 53.2 Å². The monoisotopic (exact) mass is 438 g/mol. The summed E-state index contributed by atoms with van der Waals surface area (Å²) in [4.78, 5) is 24.2. The van der Waals surface area contributed by atoms with E-state index in [1.807, 2.05) is 13.0 Å². The predicted molar refractivity (Wildman–Crippen MR) is 114 cm³/mol. The van der Waals surface area contributed by atoms with Crippen LogP contribution in [0.2, 0.25) is 5.02 Å². The van der Waals surface area contributed by atoms with Crippen LogP contribution < -0.4 is 0 Å². The van der Waals surface area contributed by atoms with E-state index in [-0.39, 0.29) is 17.8 Å². The maximum atomic E-state index is 13.5. The molecule has 1 atom stereocenters. The Morgan fingerprint density at radius 2 is 2.19 bits per heavy atom. The summed E-state index contributed by atoms with van der Waals surface area (Å²) in [5.74, 6) is 0.729. The minimum absolute atomic E-state index is 0.125. The number of halogens is 2. The number of aryl methyl sites for hydroxylation is 1. The van der Waals surface area contributed by atoms with E-state index >= 15 is 0 Å². The summed E-state index contributed by atoms with van der Waals surface area (Å²) in [7, 11) is 0. The van der Waals surface area contributed by atoms with Crippen molar-refractivity contribution in [2.24, 2.45) is 0 Å². The van der Waals surface area contributed by atoms with Gasteiger partial charge in [-0.2, -0.15) is 0 Å². The predicted octanol–water partition coefficient (Wildman–Crippen LogP) is 4.99. The van der Waals surface area contributed by atoms with Gasteiger partial charge in [0.1, 0.15) is 29.0 Å². The Hall–Kier alpha value is -3.19. The normalized spacial score (nSPS) is 16.4. The first kappa shape index (κ1) is 19.8. The van der Waals surface area contributed by atoms with Crippen molar-refractivity contribution in [2.75, 3.05) is 6.54 Å². The maximum Gasteiger partial charge on any atom is 0.273 e. The molecule has 4 heterocycles. The lowest BCUT2D eigenvalue weighted by Gasteiger charge is -2.22. The molecule has 31 heavy (non-hydrogen) atoms. The molecular weight excluding hydrogens is 419 g/mol. The van der Waals surface area contributed by atoms with Gasteiger partial charge in [0.25, 0.3) is 5.91 Å². The number of likely N-dealkylation sites (tertiary alicyclic amines) is 1. The van der Waals surface area contributed by atoms with Crippen LogP contribution in [0.3, 0.4) is 0 Å². The van der Waals surface area contributed by atoms with Gasteiger partial charge in [-0.1, -0.05) is 23.7 Å². The molecule has 3 aromatic heterocycles. The van der Waals surface area contributed by atoms with Gasteiger partial charge in [0.2, 0.25) is 5.89 Å². The molecule has 0 aliphatic carbocycles. The summed E-state index contributed by atoms with van der Waals surface area (Å²) in [5, 5.41) is 0.534. The molecule has 0 N–H and O–H groups in total. The summed E-state index contributed by atoms with van der Waals surface area (Å²) < 4.78 is 21.2. The summed E-state index contributed by atoms with van der Waals surface area (Å²) >= 11 is 6.15. The fourth-order valence-corrected chi connectivity index (χ4v) is 4.36. The molecule has 0 unspecified atom stereocenters. The highest BCUT2D eigenvalue weighted by Crippen LogP contribution is 2.34. The fraction of sp³-hybridized carbons (Fsp3) is 0.261. The van der Waals surface area contributed by atoms with Crippen LogP contribution in [0.25, 0.3) is 5.65 Å². The van der Waals surface area contributed by atoms with E-state index in [4.69, 9.17) is 16.0 Å². The van der Waals surface area contributed by atoms with Gasteiger partial charge in [0, 0.05) is 19.2 Å². The van der Waals surface area contributed by atoms with E-state index in [1.54, 1.807) is 39.9 Å². The molecule has 158 valence electrons. The molecule has 1 amide bonds. The molecule has 0 saturated carbocycles. The third-order valence-corrected chi connectivity index (χ3v) is 5.82. The molecule has 8 heteroatoms. The van der Waals surface area contributed by atoms with E-state index in [1.165, 1.54) is 12.1 Å². The average Bonchev–Trinajstić information content (AvgIpc) is 3.45. The van der Waals surface area contributed by atoms with Crippen LogP contribution >= 0.6 is 11.6 Å². The smallest absolute Gasteiger partial charge is 0.273 e. The first-order valence-electron chi connectivity index (χ1n) is 10.1. The van der Waals surface area contributed by atoms with Crippen molar-refractivity contribution in [1.82, 2.24) is 19.3 Å². The van der Waals surface area contributed by atoms with E-state index < -0.39 is 0 Å². The highest BCUT2D eigenvalue weighted by molar-refractivity contribution is 6.30. The number of pyridine rings is 1. The third kappa shape index (κ3) is 3.70. The van der Waals surface area contributed by atoms with Crippen LogP contribution in [-0.4, -0.2) is 31.7 Å². The Morgan fingerprint density at radius 3 is 3.03 bits per heavy atom. The number of carbonyl (C=O) groups excluding carboxylic acids is 1. The minimum Gasteiger partial charge on any atom is -0.443 e. The largest absolute Gasteiger partial charge is 0.443 e. The number of imidazole rings is 1. The summed E-state index contributed by atoms with van der Waals surface area (Å²) in [6, 6.07) is 9.69. The van der Waals surface area contributed by atoms with Gasteiger partial charge in [-0.05, 0) is 49.6 Å². The number of amides is 1. The lowest BCUT2D eigenvalue weighted by atomic mass is 10.1. The molecule has 1 saturated heterocycles. The highest BCUT2D eigenvalue weighted by atomic mass is 35.5. The quantitative estimate of drug-likeness (QED) is 0.450. The van der Waals surface area contributed by atoms with Crippen LogP contribution in [-0.2, 0) is 6.42 Å². The molecule has 0 spiro atoms. The Bertz CT molecular complexity index is 1280. The molecule has 1 aliphatic heterocycles. The summed E-state index contributed by atoms with van der Waals surface area (Å²) in [6.45, 7) is 2.43. The van der Waals surface area contributed by atoms with Crippen LogP contribution in [0, 0.1) is 12.7 Å². The second kappa shape index (κ2) is 7.81. The van der Waals surface area contributed by atoms with Crippen molar-refractivity contribution in [3.63, 3.8) is 0 Å². The van der Waals surface area contributed by atoms with E-state index in [2.05, 4.69) is 9.97 Å². The van der Waals surface area contributed by atoms with E-state index in [0.29, 0.717) is 46.7 Å². The Balaban J connectivity index is 1.42. The van der Waals surface area contributed by atoms with Crippen LogP contribution in [0.1, 0.15) is 52.3 Å². The Labute approximate surface area is 183 Å². The number of hydrogen-bond donors (Lipinski definition) is 0. The second-order valence-corrected chi connectivity index (χ2v) is 8.19. The molecule has 1 fully saturated rings. The van der Waals surface area contributed by atoms with Crippen molar-refractivity contribution in [3.05, 3.63) is 88.2 Å². The molecule has 5 rings (SSSR count). The fourth-order valence-electron chi connectivity index (χ4n) is 4.20. The van der Waals surface area contributed by atoms with Gasteiger partial charge in [-0.15, -0.1) is 0 Å². The SMILES string of the molecule is Cc1nc2ccc(Cl)cn2c1C(=O)N1CCC[C@@H]1c1ncc(Cc2cccc(F)c2)o1. The Morgan fingerprint density at radius 1 is 1.32 bits per heavy atom. The van der Waals surface area contributed by atoms with Crippen molar-refractivity contribution in [1.29, 1.82) is 0 Å². The second-order valence-electron chi connectivity index (χ2n) is 7.75. The number of rotatable bonds is 4. The van der Waals surface area contributed by atoms with Crippen molar-refractivity contribution in [3.8, 4) is 0 Å². The van der Waals surface area contributed by atoms with Gasteiger partial charge >= 0.3 is 0 Å². The molecule has 6 nitrogen and oxygen atoms in total. The van der Waals surface area contributed by atoms with Crippen molar-refractivity contribution >= 4 is 23.2 Å². The first-order chi connectivity index (χ1) is 15.0. The van der Waals surface area contributed by atoms with Crippen molar-refractivity contribution < 1.29 is 13.6 Å². The molecule has 0 bridgehead atoms. The number of fused-ring (bicyclic) bond motifs is 1. The molecular formula is C23H20ClFN4O2. The summed E-state index contributed by atoms with van der Waals surface area (Å²) in [5.41, 5.74) is 2.63. The van der Waals surface area contributed by atoms with Gasteiger partial charge in [-0.3, -0.25) is 9.20 Å². The van der Waals surface area contributed by atoms with Gasteiger partial charge in [0.05, 0.1) is 16.9 Å². The number of benzene rings is 1. The number of oxazole rings is 1. The molecule has 4 aromatic rings. The van der Waals surface area contributed by atoms with Crippen LogP contribution in [0.4, 0.5) is 4.39 Å². The van der Waals surface area contributed by atoms with Gasteiger partial charge in [-0.25, -0.2) is 14.4 Å². The van der Waals surface area contributed by atoms with Gasteiger partial charge < -0.3 is 9.32 Å². The third-order valence-electron chi connectivity index (χ3n) is 5.60. The average molecular weight is 439 g/mol. The first-order valence-corrected chi connectivity index (χ1v) is 10.5. The molecule has 1 aromatic carbocycles. The highest BCUT2D eigenvalue weighted by Gasteiger charge is 2.35. The van der Waals surface area contributed by atoms with Crippen molar-refractivity contribution in [2.45, 2.75) is 32.2 Å².